The molecule has 3 rings (SSSR count). The van der Waals surface area contributed by atoms with Crippen LogP contribution in [0.1, 0.15) is 56.1 Å². The molecule has 2 heteroatoms. The van der Waals surface area contributed by atoms with E-state index in [4.69, 9.17) is 4.74 Å². The molecule has 1 heterocycles. The van der Waals surface area contributed by atoms with Gasteiger partial charge in [0.1, 0.15) is 5.78 Å². The Hall–Kier alpha value is -1.15. The van der Waals surface area contributed by atoms with Crippen LogP contribution >= 0.6 is 0 Å². The molecule has 1 saturated heterocycles. The lowest BCUT2D eigenvalue weighted by molar-refractivity contribution is -0.142. The van der Waals surface area contributed by atoms with Gasteiger partial charge in [0.15, 0.2) is 0 Å². The van der Waals surface area contributed by atoms with Crippen molar-refractivity contribution in [2.45, 2.75) is 63.9 Å². The van der Waals surface area contributed by atoms with Crippen LogP contribution in [0.2, 0.25) is 0 Å². The SMILES string of the molecule is Cc1ccccc1CC(=O)C1CCOC2(CCCCC2)C1. The van der Waals surface area contributed by atoms with Gasteiger partial charge in [-0.1, -0.05) is 43.5 Å². The Kier molecular flexibility index (Phi) is 4.44. The number of Topliss-reactive ketones (excluding diaryl/α,β-unsaturated/α-hetero) is 1. The number of ether oxygens (including phenoxy) is 1. The number of hydrogen-bond donors (Lipinski definition) is 0. The number of carbonyl (C=O) groups excluding carboxylic acids is 1. The van der Waals surface area contributed by atoms with E-state index in [0.29, 0.717) is 12.2 Å². The van der Waals surface area contributed by atoms with Crippen molar-refractivity contribution < 1.29 is 9.53 Å². The van der Waals surface area contributed by atoms with E-state index in [1.54, 1.807) is 0 Å². The molecule has 21 heavy (non-hydrogen) atoms. The van der Waals surface area contributed by atoms with E-state index < -0.39 is 0 Å². The second-order valence-electron chi connectivity index (χ2n) is 6.85. The Labute approximate surface area is 127 Å². The predicted octanol–water partition coefficient (Wildman–Crippen LogP) is 4.24. The molecule has 1 unspecified atom stereocenters. The molecule has 0 N–H and O–H groups in total. The maximum absolute atomic E-state index is 12.7. The lowest BCUT2D eigenvalue weighted by Crippen LogP contribution is -2.43. The zero-order chi connectivity index (χ0) is 14.7. The number of rotatable bonds is 3. The Morgan fingerprint density at radius 3 is 2.76 bits per heavy atom. The quantitative estimate of drug-likeness (QED) is 0.831. The molecule has 1 atom stereocenters. The maximum atomic E-state index is 12.7. The summed E-state index contributed by atoms with van der Waals surface area (Å²) >= 11 is 0. The van der Waals surface area contributed by atoms with Gasteiger partial charge in [0.25, 0.3) is 0 Å². The minimum Gasteiger partial charge on any atom is -0.375 e. The average Bonchev–Trinajstić information content (AvgIpc) is 2.50. The van der Waals surface area contributed by atoms with Crippen LogP contribution in [-0.4, -0.2) is 18.0 Å². The van der Waals surface area contributed by atoms with Crippen molar-refractivity contribution in [3.63, 3.8) is 0 Å². The molecule has 1 saturated carbocycles. The predicted molar refractivity (Wildman–Crippen MR) is 84.4 cm³/mol. The summed E-state index contributed by atoms with van der Waals surface area (Å²) in [6.07, 6.45) is 8.62. The summed E-state index contributed by atoms with van der Waals surface area (Å²) in [5.74, 6) is 0.619. The molecular formula is C19H26O2. The molecular weight excluding hydrogens is 260 g/mol. The molecule has 1 aliphatic carbocycles. The van der Waals surface area contributed by atoms with E-state index in [1.807, 2.05) is 12.1 Å². The van der Waals surface area contributed by atoms with E-state index in [2.05, 4.69) is 19.1 Å². The molecule has 0 bridgehead atoms. The van der Waals surface area contributed by atoms with Crippen molar-refractivity contribution in [3.05, 3.63) is 35.4 Å². The van der Waals surface area contributed by atoms with Crippen LogP contribution in [0.15, 0.2) is 24.3 Å². The third-order valence-electron chi connectivity index (χ3n) is 5.34. The standard InChI is InChI=1S/C19H26O2/c1-15-7-3-4-8-16(15)13-18(20)17-9-12-21-19(14-17)10-5-2-6-11-19/h3-4,7-8,17H,2,5-6,9-14H2,1H3. The van der Waals surface area contributed by atoms with Gasteiger partial charge in [0, 0.05) is 18.9 Å². The van der Waals surface area contributed by atoms with Crippen LogP contribution in [0, 0.1) is 12.8 Å². The smallest absolute Gasteiger partial charge is 0.140 e. The lowest BCUT2D eigenvalue weighted by atomic mass is 9.74. The summed E-state index contributed by atoms with van der Waals surface area (Å²) in [6.45, 7) is 2.86. The highest BCUT2D eigenvalue weighted by molar-refractivity contribution is 5.83. The Morgan fingerprint density at radius 1 is 1.24 bits per heavy atom. The van der Waals surface area contributed by atoms with E-state index in [0.717, 1.165) is 32.3 Å². The van der Waals surface area contributed by atoms with Gasteiger partial charge in [-0.25, -0.2) is 0 Å². The molecule has 1 aromatic carbocycles. The van der Waals surface area contributed by atoms with Gasteiger partial charge in [0.05, 0.1) is 5.60 Å². The minimum atomic E-state index is 0.0303. The first-order valence-electron chi connectivity index (χ1n) is 8.40. The molecule has 114 valence electrons. The number of carbonyl (C=O) groups is 1. The van der Waals surface area contributed by atoms with Gasteiger partial charge >= 0.3 is 0 Å². The largest absolute Gasteiger partial charge is 0.375 e. The summed E-state index contributed by atoms with van der Waals surface area (Å²) in [7, 11) is 0. The highest BCUT2D eigenvalue weighted by Crippen LogP contribution is 2.41. The summed E-state index contributed by atoms with van der Waals surface area (Å²) in [6, 6.07) is 8.25. The van der Waals surface area contributed by atoms with Crippen molar-refractivity contribution in [3.8, 4) is 0 Å². The first-order valence-corrected chi connectivity index (χ1v) is 8.40. The second-order valence-corrected chi connectivity index (χ2v) is 6.85. The van der Waals surface area contributed by atoms with E-state index in [1.165, 1.54) is 30.4 Å². The van der Waals surface area contributed by atoms with Crippen molar-refractivity contribution in [2.24, 2.45) is 5.92 Å². The summed E-state index contributed by atoms with van der Waals surface area (Å²) < 4.78 is 6.11. The highest BCUT2D eigenvalue weighted by atomic mass is 16.5. The third kappa shape index (κ3) is 3.37. The molecule has 2 aliphatic rings. The van der Waals surface area contributed by atoms with Crippen LogP contribution in [0.5, 0.6) is 0 Å². The molecule has 0 aromatic heterocycles. The van der Waals surface area contributed by atoms with Gasteiger partial charge in [-0.05, 0) is 43.7 Å². The van der Waals surface area contributed by atoms with Crippen LogP contribution in [0.3, 0.4) is 0 Å². The first kappa shape index (κ1) is 14.8. The molecule has 2 nitrogen and oxygen atoms in total. The molecule has 2 fully saturated rings. The van der Waals surface area contributed by atoms with Crippen molar-refractivity contribution in [2.75, 3.05) is 6.61 Å². The maximum Gasteiger partial charge on any atom is 0.140 e. The molecule has 0 radical (unpaired) electrons. The van der Waals surface area contributed by atoms with Crippen molar-refractivity contribution in [1.29, 1.82) is 0 Å². The molecule has 0 amide bonds. The normalized spacial score (nSPS) is 24.9. The van der Waals surface area contributed by atoms with Crippen molar-refractivity contribution in [1.82, 2.24) is 0 Å². The average molecular weight is 286 g/mol. The minimum absolute atomic E-state index is 0.0303. The fourth-order valence-electron chi connectivity index (χ4n) is 3.99. The fourth-order valence-corrected chi connectivity index (χ4v) is 3.99. The summed E-state index contributed by atoms with van der Waals surface area (Å²) in [4.78, 5) is 12.7. The number of ketones is 1. The monoisotopic (exact) mass is 286 g/mol. The van der Waals surface area contributed by atoms with Gasteiger partial charge in [-0.3, -0.25) is 4.79 Å². The van der Waals surface area contributed by atoms with E-state index >= 15 is 0 Å². The van der Waals surface area contributed by atoms with Crippen LogP contribution < -0.4 is 0 Å². The first-order chi connectivity index (χ1) is 10.2. The van der Waals surface area contributed by atoms with Crippen molar-refractivity contribution >= 4 is 5.78 Å². The Balaban J connectivity index is 1.66. The van der Waals surface area contributed by atoms with Gasteiger partial charge in [0.2, 0.25) is 0 Å². The van der Waals surface area contributed by atoms with Gasteiger partial charge < -0.3 is 4.74 Å². The van der Waals surface area contributed by atoms with Gasteiger partial charge in [-0.15, -0.1) is 0 Å². The molecule has 1 aromatic rings. The lowest BCUT2D eigenvalue weighted by Gasteiger charge is -2.43. The number of hydrogen-bond acceptors (Lipinski definition) is 2. The Morgan fingerprint density at radius 2 is 2.00 bits per heavy atom. The van der Waals surface area contributed by atoms with E-state index in [9.17, 15) is 4.79 Å². The zero-order valence-electron chi connectivity index (χ0n) is 13.1. The van der Waals surface area contributed by atoms with Crippen LogP contribution in [0.4, 0.5) is 0 Å². The summed E-state index contributed by atoms with van der Waals surface area (Å²) in [5, 5.41) is 0. The molecule has 1 aliphatic heterocycles. The highest BCUT2D eigenvalue weighted by Gasteiger charge is 2.40. The third-order valence-corrected chi connectivity index (χ3v) is 5.34. The Bertz CT molecular complexity index is 495. The number of benzene rings is 1. The van der Waals surface area contributed by atoms with Gasteiger partial charge in [-0.2, -0.15) is 0 Å². The number of aryl methyl sites for hydroxylation is 1. The fraction of sp³-hybridized carbons (Fsp3) is 0.632. The van der Waals surface area contributed by atoms with Crippen LogP contribution in [-0.2, 0) is 16.0 Å². The summed E-state index contributed by atoms with van der Waals surface area (Å²) in [5.41, 5.74) is 2.44. The zero-order valence-corrected chi connectivity index (χ0v) is 13.1. The topological polar surface area (TPSA) is 26.3 Å². The van der Waals surface area contributed by atoms with E-state index in [-0.39, 0.29) is 11.5 Å². The van der Waals surface area contributed by atoms with Crippen LogP contribution in [0.25, 0.3) is 0 Å². The molecule has 1 spiro atoms. The second kappa shape index (κ2) is 6.31.